The molecule has 19 heavy (non-hydrogen) atoms. The average molecular weight is 265 g/mol. The maximum absolute atomic E-state index is 12.7. The Hall–Kier alpha value is -1.29. The molecule has 2 unspecified atom stereocenters. The van der Waals surface area contributed by atoms with Gasteiger partial charge in [-0.3, -0.25) is 4.79 Å². The number of likely N-dealkylation sites (tertiary alicyclic amines) is 1. The van der Waals surface area contributed by atoms with Crippen molar-refractivity contribution in [1.82, 2.24) is 4.90 Å². The zero-order chi connectivity index (χ0) is 14.2. The summed E-state index contributed by atoms with van der Waals surface area (Å²) in [4.78, 5) is 14.6. The van der Waals surface area contributed by atoms with E-state index in [0.717, 1.165) is 30.7 Å². The van der Waals surface area contributed by atoms with Crippen LogP contribution in [0.4, 0.5) is 0 Å². The van der Waals surface area contributed by atoms with Gasteiger partial charge in [0, 0.05) is 18.2 Å². The van der Waals surface area contributed by atoms with Crippen LogP contribution in [-0.4, -0.2) is 34.6 Å². The molecule has 0 bridgehead atoms. The van der Waals surface area contributed by atoms with Gasteiger partial charge in [-0.25, -0.2) is 0 Å². The van der Waals surface area contributed by atoms with E-state index in [9.17, 15) is 9.90 Å². The average Bonchev–Trinajstić information content (AvgIpc) is 2.84. The Kier molecular flexibility index (Phi) is 3.99. The summed E-state index contributed by atoms with van der Waals surface area (Å²) in [5.74, 6) is 1.56. The van der Waals surface area contributed by atoms with Crippen LogP contribution in [0.1, 0.15) is 53.6 Å². The van der Waals surface area contributed by atoms with Crippen LogP contribution >= 0.6 is 0 Å². The quantitative estimate of drug-likeness (QED) is 0.914. The molecule has 0 saturated carbocycles. The minimum atomic E-state index is -0.369. The summed E-state index contributed by atoms with van der Waals surface area (Å²) in [6, 6.07) is 0.154. The molecule has 1 aliphatic heterocycles. The Labute approximate surface area is 114 Å². The summed E-state index contributed by atoms with van der Waals surface area (Å²) in [5.41, 5.74) is 1.64. The minimum Gasteiger partial charge on any atom is -0.466 e. The van der Waals surface area contributed by atoms with Crippen molar-refractivity contribution in [2.24, 2.45) is 0 Å². The maximum atomic E-state index is 12.7. The summed E-state index contributed by atoms with van der Waals surface area (Å²) < 4.78 is 5.55. The third-order valence-electron chi connectivity index (χ3n) is 4.03. The number of aryl methyl sites for hydroxylation is 2. The van der Waals surface area contributed by atoms with Crippen molar-refractivity contribution in [2.45, 2.75) is 59.1 Å². The highest BCUT2D eigenvalue weighted by Gasteiger charge is 2.32. The van der Waals surface area contributed by atoms with Gasteiger partial charge in [0.05, 0.1) is 11.7 Å². The highest BCUT2D eigenvalue weighted by atomic mass is 16.3. The first-order valence-electron chi connectivity index (χ1n) is 6.97. The van der Waals surface area contributed by atoms with E-state index in [4.69, 9.17) is 4.42 Å². The lowest BCUT2D eigenvalue weighted by Gasteiger charge is -2.25. The first kappa shape index (κ1) is 14.1. The van der Waals surface area contributed by atoms with Crippen molar-refractivity contribution in [1.29, 1.82) is 0 Å². The standard InChI is InChI=1S/C15H23NO3/c1-9(17)8-13-6-5-7-16(13)15(18)14-10(2)11(3)19-12(14)4/h9,13,17H,5-8H2,1-4H3. The number of carbonyl (C=O) groups is 1. The fourth-order valence-corrected chi connectivity index (χ4v) is 2.99. The highest BCUT2D eigenvalue weighted by molar-refractivity contribution is 5.97. The second-order valence-corrected chi connectivity index (χ2v) is 5.59. The number of carbonyl (C=O) groups excluding carboxylic acids is 1. The molecule has 4 heteroatoms. The third kappa shape index (κ3) is 2.68. The first-order chi connectivity index (χ1) is 8.91. The molecular formula is C15H23NO3. The zero-order valence-electron chi connectivity index (χ0n) is 12.2. The van der Waals surface area contributed by atoms with E-state index in [0.29, 0.717) is 17.7 Å². The monoisotopic (exact) mass is 265 g/mol. The van der Waals surface area contributed by atoms with Crippen LogP contribution in [0.3, 0.4) is 0 Å². The summed E-state index contributed by atoms with van der Waals surface area (Å²) in [7, 11) is 0. The summed E-state index contributed by atoms with van der Waals surface area (Å²) >= 11 is 0. The Bertz CT molecular complexity index is 476. The lowest BCUT2D eigenvalue weighted by atomic mass is 10.1. The van der Waals surface area contributed by atoms with Crippen molar-refractivity contribution < 1.29 is 14.3 Å². The lowest BCUT2D eigenvalue weighted by Crippen LogP contribution is -2.37. The molecule has 0 spiro atoms. The second kappa shape index (κ2) is 5.37. The van der Waals surface area contributed by atoms with E-state index >= 15 is 0 Å². The van der Waals surface area contributed by atoms with Gasteiger partial charge < -0.3 is 14.4 Å². The topological polar surface area (TPSA) is 53.7 Å². The number of hydrogen-bond donors (Lipinski definition) is 1. The van der Waals surface area contributed by atoms with Crippen molar-refractivity contribution in [2.75, 3.05) is 6.54 Å². The van der Waals surface area contributed by atoms with E-state index in [1.54, 1.807) is 6.92 Å². The van der Waals surface area contributed by atoms with Crippen molar-refractivity contribution in [3.05, 3.63) is 22.6 Å². The summed E-state index contributed by atoms with van der Waals surface area (Å²) in [5, 5.41) is 9.54. The molecule has 0 aliphatic carbocycles. The number of rotatable bonds is 3. The molecule has 1 aromatic heterocycles. The fraction of sp³-hybridized carbons (Fsp3) is 0.667. The van der Waals surface area contributed by atoms with Crippen molar-refractivity contribution in [3.8, 4) is 0 Å². The first-order valence-corrected chi connectivity index (χ1v) is 6.97. The molecule has 1 amide bonds. The van der Waals surface area contributed by atoms with Crippen LogP contribution in [0.25, 0.3) is 0 Å². The number of aliphatic hydroxyl groups excluding tert-OH is 1. The largest absolute Gasteiger partial charge is 0.466 e. The zero-order valence-corrected chi connectivity index (χ0v) is 12.2. The molecule has 1 fully saturated rings. The van der Waals surface area contributed by atoms with Gasteiger partial charge in [-0.15, -0.1) is 0 Å². The Morgan fingerprint density at radius 1 is 1.42 bits per heavy atom. The molecule has 1 aromatic rings. The highest BCUT2D eigenvalue weighted by Crippen LogP contribution is 2.28. The van der Waals surface area contributed by atoms with E-state index in [-0.39, 0.29) is 18.1 Å². The summed E-state index contributed by atoms with van der Waals surface area (Å²) in [6.45, 7) is 8.21. The molecular weight excluding hydrogens is 242 g/mol. The normalized spacial score (nSPS) is 20.9. The molecule has 0 radical (unpaired) electrons. The fourth-order valence-electron chi connectivity index (χ4n) is 2.99. The molecule has 0 aromatic carbocycles. The van der Waals surface area contributed by atoms with Crippen LogP contribution in [0, 0.1) is 20.8 Å². The molecule has 106 valence electrons. The number of aliphatic hydroxyl groups is 1. The van der Waals surface area contributed by atoms with Gasteiger partial charge in [0.15, 0.2) is 0 Å². The molecule has 1 saturated heterocycles. The number of nitrogens with zero attached hydrogens (tertiary/aromatic N) is 1. The van der Waals surface area contributed by atoms with Gasteiger partial charge in [-0.2, -0.15) is 0 Å². The van der Waals surface area contributed by atoms with E-state index < -0.39 is 0 Å². The van der Waals surface area contributed by atoms with Gasteiger partial charge in [0.2, 0.25) is 0 Å². The van der Waals surface area contributed by atoms with Gasteiger partial charge >= 0.3 is 0 Å². The van der Waals surface area contributed by atoms with Gasteiger partial charge in [0.1, 0.15) is 11.5 Å². The molecule has 1 aliphatic rings. The molecule has 1 N–H and O–H groups in total. The molecule has 2 rings (SSSR count). The van der Waals surface area contributed by atoms with E-state index in [2.05, 4.69) is 0 Å². The Morgan fingerprint density at radius 3 is 2.63 bits per heavy atom. The Balaban J connectivity index is 2.23. The Morgan fingerprint density at radius 2 is 2.11 bits per heavy atom. The van der Waals surface area contributed by atoms with Crippen LogP contribution in [0.2, 0.25) is 0 Å². The number of furan rings is 1. The van der Waals surface area contributed by atoms with Crippen LogP contribution in [-0.2, 0) is 0 Å². The SMILES string of the molecule is Cc1oc(C)c(C(=O)N2CCCC2CC(C)O)c1C. The van der Waals surface area contributed by atoms with E-state index in [1.807, 2.05) is 25.7 Å². The summed E-state index contributed by atoms with van der Waals surface area (Å²) in [6.07, 6.45) is 2.27. The second-order valence-electron chi connectivity index (χ2n) is 5.59. The van der Waals surface area contributed by atoms with Gasteiger partial charge in [0.25, 0.3) is 5.91 Å². The molecule has 4 nitrogen and oxygen atoms in total. The van der Waals surface area contributed by atoms with Gasteiger partial charge in [-0.05, 0) is 47.0 Å². The predicted octanol–water partition coefficient (Wildman–Crippen LogP) is 2.58. The van der Waals surface area contributed by atoms with E-state index in [1.165, 1.54) is 0 Å². The predicted molar refractivity (Wildman–Crippen MR) is 73.3 cm³/mol. The number of amides is 1. The molecule has 2 atom stereocenters. The van der Waals surface area contributed by atoms with Crippen molar-refractivity contribution in [3.63, 3.8) is 0 Å². The molecule has 2 heterocycles. The minimum absolute atomic E-state index is 0.0509. The third-order valence-corrected chi connectivity index (χ3v) is 4.03. The maximum Gasteiger partial charge on any atom is 0.257 e. The number of hydrogen-bond acceptors (Lipinski definition) is 3. The van der Waals surface area contributed by atoms with Crippen LogP contribution < -0.4 is 0 Å². The smallest absolute Gasteiger partial charge is 0.257 e. The van der Waals surface area contributed by atoms with Crippen molar-refractivity contribution >= 4 is 5.91 Å². The van der Waals surface area contributed by atoms with Crippen LogP contribution in [0.15, 0.2) is 4.42 Å². The van der Waals surface area contributed by atoms with Crippen LogP contribution in [0.5, 0.6) is 0 Å². The van der Waals surface area contributed by atoms with Gasteiger partial charge in [-0.1, -0.05) is 0 Å². The lowest BCUT2D eigenvalue weighted by molar-refractivity contribution is 0.0680.